The van der Waals surface area contributed by atoms with E-state index in [-0.39, 0.29) is 28.7 Å². The van der Waals surface area contributed by atoms with Gasteiger partial charge >= 0.3 is 10.1 Å². The second kappa shape index (κ2) is 5.88. The van der Waals surface area contributed by atoms with Gasteiger partial charge in [0, 0.05) is 11.1 Å². The van der Waals surface area contributed by atoms with E-state index < -0.39 is 15.0 Å². The standard InChI is InChI=1S/C13H20O6S/c1-6-7(2)9-10(14)8(3)11(18-4)13(12(9)19-5)20(15,16)17/h7,14H,6H2,1-5H3,(H,15,16,17). The number of rotatable bonds is 5. The largest absolute Gasteiger partial charge is 0.507 e. The fraction of sp³-hybridized carbons (Fsp3) is 0.538. The SMILES string of the molecule is CCC(C)c1c(O)c(C)c(OC)c(S(=O)(=O)O)c1OC. The number of methoxy groups -OCH3 is 2. The minimum atomic E-state index is -4.55. The average Bonchev–Trinajstić information content (AvgIpc) is 2.38. The quantitative estimate of drug-likeness (QED) is 0.812. The van der Waals surface area contributed by atoms with Crippen molar-refractivity contribution >= 4 is 10.1 Å². The minimum Gasteiger partial charge on any atom is -0.507 e. The van der Waals surface area contributed by atoms with Crippen LogP contribution in [0.15, 0.2) is 4.90 Å². The van der Waals surface area contributed by atoms with Gasteiger partial charge in [-0.3, -0.25) is 4.55 Å². The maximum absolute atomic E-state index is 11.6. The van der Waals surface area contributed by atoms with Crippen LogP contribution in [0.2, 0.25) is 0 Å². The monoisotopic (exact) mass is 304 g/mol. The van der Waals surface area contributed by atoms with E-state index in [9.17, 15) is 18.1 Å². The van der Waals surface area contributed by atoms with Crippen LogP contribution in [-0.2, 0) is 10.1 Å². The molecule has 0 bridgehead atoms. The van der Waals surface area contributed by atoms with Gasteiger partial charge in [0.1, 0.15) is 11.5 Å². The van der Waals surface area contributed by atoms with Crippen LogP contribution in [0.4, 0.5) is 0 Å². The molecule has 1 unspecified atom stereocenters. The van der Waals surface area contributed by atoms with Gasteiger partial charge in [0.2, 0.25) is 0 Å². The van der Waals surface area contributed by atoms with Gasteiger partial charge in [-0.15, -0.1) is 0 Å². The molecule has 0 aliphatic carbocycles. The van der Waals surface area contributed by atoms with E-state index in [2.05, 4.69) is 0 Å². The summed E-state index contributed by atoms with van der Waals surface area (Å²) >= 11 is 0. The molecule has 114 valence electrons. The van der Waals surface area contributed by atoms with E-state index in [0.717, 1.165) is 0 Å². The van der Waals surface area contributed by atoms with Crippen LogP contribution in [0.5, 0.6) is 17.2 Å². The Labute approximate surface area is 119 Å². The lowest BCUT2D eigenvalue weighted by Crippen LogP contribution is -2.10. The van der Waals surface area contributed by atoms with Gasteiger partial charge in [0.25, 0.3) is 0 Å². The van der Waals surface area contributed by atoms with Gasteiger partial charge in [0.05, 0.1) is 14.2 Å². The van der Waals surface area contributed by atoms with Crippen molar-refractivity contribution in [2.45, 2.75) is 38.0 Å². The van der Waals surface area contributed by atoms with E-state index >= 15 is 0 Å². The molecule has 1 aromatic carbocycles. The first-order chi connectivity index (χ1) is 9.20. The normalized spacial score (nSPS) is 13.1. The predicted octanol–water partition coefficient (Wildman–Crippen LogP) is 2.48. The van der Waals surface area contributed by atoms with Crippen molar-refractivity contribution in [2.24, 2.45) is 0 Å². The topological polar surface area (TPSA) is 93.1 Å². The summed E-state index contributed by atoms with van der Waals surface area (Å²) in [7, 11) is -2.01. The predicted molar refractivity (Wildman–Crippen MR) is 74.5 cm³/mol. The molecule has 0 radical (unpaired) electrons. The summed E-state index contributed by atoms with van der Waals surface area (Å²) in [5.74, 6) is -0.425. The molecule has 1 aromatic rings. The summed E-state index contributed by atoms with van der Waals surface area (Å²) in [6.07, 6.45) is 0.667. The lowest BCUT2D eigenvalue weighted by atomic mass is 9.94. The van der Waals surface area contributed by atoms with Gasteiger partial charge in [-0.05, 0) is 19.3 Å². The molecule has 0 aliphatic rings. The third-order valence-electron chi connectivity index (χ3n) is 3.38. The first kappa shape index (κ1) is 16.6. The number of phenolic OH excluding ortho intramolecular Hbond substituents is 1. The van der Waals surface area contributed by atoms with E-state index in [4.69, 9.17) is 9.47 Å². The minimum absolute atomic E-state index is 0.0817. The van der Waals surface area contributed by atoms with Gasteiger partial charge in [-0.25, -0.2) is 0 Å². The Morgan fingerprint density at radius 1 is 1.20 bits per heavy atom. The molecule has 0 fully saturated rings. The van der Waals surface area contributed by atoms with Gasteiger partial charge in [0.15, 0.2) is 10.6 Å². The van der Waals surface area contributed by atoms with Gasteiger partial charge in [-0.2, -0.15) is 8.42 Å². The molecule has 0 amide bonds. The van der Waals surface area contributed by atoms with Gasteiger partial charge in [-0.1, -0.05) is 13.8 Å². The van der Waals surface area contributed by atoms with Crippen molar-refractivity contribution in [3.05, 3.63) is 11.1 Å². The van der Waals surface area contributed by atoms with Crippen molar-refractivity contribution in [1.29, 1.82) is 0 Å². The molecule has 0 saturated carbocycles. The summed E-state index contributed by atoms with van der Waals surface area (Å²) in [5.41, 5.74) is 0.595. The van der Waals surface area contributed by atoms with Crippen LogP contribution in [0.3, 0.4) is 0 Å². The molecule has 0 heterocycles. The van der Waals surface area contributed by atoms with Gasteiger partial charge < -0.3 is 14.6 Å². The van der Waals surface area contributed by atoms with E-state index in [0.29, 0.717) is 12.0 Å². The van der Waals surface area contributed by atoms with Crippen molar-refractivity contribution in [1.82, 2.24) is 0 Å². The molecular weight excluding hydrogens is 284 g/mol. The third kappa shape index (κ3) is 2.69. The Morgan fingerprint density at radius 3 is 2.05 bits per heavy atom. The molecule has 0 aromatic heterocycles. The van der Waals surface area contributed by atoms with Crippen LogP contribution >= 0.6 is 0 Å². The number of ether oxygens (including phenoxy) is 2. The molecule has 0 saturated heterocycles. The van der Waals surface area contributed by atoms with Crippen LogP contribution < -0.4 is 9.47 Å². The third-order valence-corrected chi connectivity index (χ3v) is 4.27. The number of hydrogen-bond donors (Lipinski definition) is 2. The fourth-order valence-corrected chi connectivity index (χ4v) is 3.06. The highest BCUT2D eigenvalue weighted by Crippen LogP contribution is 2.48. The maximum Gasteiger partial charge on any atom is 0.301 e. The molecule has 1 rings (SSSR count). The zero-order valence-corrected chi connectivity index (χ0v) is 13.0. The van der Waals surface area contributed by atoms with Crippen LogP contribution in [0.1, 0.15) is 37.3 Å². The zero-order valence-electron chi connectivity index (χ0n) is 12.2. The molecule has 0 aliphatic heterocycles. The smallest absolute Gasteiger partial charge is 0.301 e. The molecule has 1 atom stereocenters. The van der Waals surface area contributed by atoms with Crippen LogP contribution in [0.25, 0.3) is 0 Å². The van der Waals surface area contributed by atoms with E-state index in [1.54, 1.807) is 0 Å². The van der Waals surface area contributed by atoms with Crippen LogP contribution in [-0.4, -0.2) is 32.3 Å². The highest BCUT2D eigenvalue weighted by atomic mass is 32.2. The number of phenols is 1. The number of hydrogen-bond acceptors (Lipinski definition) is 5. The van der Waals surface area contributed by atoms with Crippen molar-refractivity contribution in [3.63, 3.8) is 0 Å². The summed E-state index contributed by atoms with van der Waals surface area (Å²) < 4.78 is 42.8. The Balaban J connectivity index is 3.95. The molecule has 7 heteroatoms. The second-order valence-electron chi connectivity index (χ2n) is 4.57. The number of aromatic hydroxyl groups is 1. The Morgan fingerprint density at radius 2 is 1.70 bits per heavy atom. The molecular formula is C13H20O6S. The first-order valence-electron chi connectivity index (χ1n) is 6.15. The summed E-state index contributed by atoms with van der Waals surface area (Å²) in [6, 6.07) is 0. The molecule has 6 nitrogen and oxygen atoms in total. The Hall–Kier alpha value is -1.47. The molecule has 2 N–H and O–H groups in total. The van der Waals surface area contributed by atoms with E-state index in [1.807, 2.05) is 13.8 Å². The summed E-state index contributed by atoms with van der Waals surface area (Å²) in [6.45, 7) is 5.25. The second-order valence-corrected chi connectivity index (χ2v) is 5.93. The van der Waals surface area contributed by atoms with Crippen molar-refractivity contribution < 1.29 is 27.6 Å². The summed E-state index contributed by atoms with van der Waals surface area (Å²) in [4.78, 5) is -0.451. The van der Waals surface area contributed by atoms with Crippen LogP contribution in [0, 0.1) is 6.92 Å². The average molecular weight is 304 g/mol. The van der Waals surface area contributed by atoms with E-state index in [1.165, 1.54) is 21.1 Å². The summed E-state index contributed by atoms with van der Waals surface area (Å²) in [5, 5.41) is 10.3. The van der Waals surface area contributed by atoms with Crippen molar-refractivity contribution in [2.75, 3.05) is 14.2 Å². The lowest BCUT2D eigenvalue weighted by molar-refractivity contribution is 0.349. The zero-order chi connectivity index (χ0) is 15.7. The molecule has 20 heavy (non-hydrogen) atoms. The lowest BCUT2D eigenvalue weighted by Gasteiger charge is -2.22. The highest BCUT2D eigenvalue weighted by molar-refractivity contribution is 7.86. The number of benzene rings is 1. The Kier molecular flexibility index (Phi) is 4.88. The highest BCUT2D eigenvalue weighted by Gasteiger charge is 2.32. The Bertz CT molecular complexity index is 606. The van der Waals surface area contributed by atoms with Crippen molar-refractivity contribution in [3.8, 4) is 17.2 Å². The maximum atomic E-state index is 11.6. The molecule has 0 spiro atoms. The fourth-order valence-electron chi connectivity index (χ4n) is 2.16. The first-order valence-corrected chi connectivity index (χ1v) is 7.59.